The number of nitrogens with zero attached hydrogens (tertiary/aromatic N) is 1. The number of benzene rings is 2. The molecule has 2 nitrogen and oxygen atoms in total. The third kappa shape index (κ3) is 3.54. The minimum Gasteiger partial charge on any atom is -0.852 e. The number of para-hydroxylation sites is 2. The van der Waals surface area contributed by atoms with Crippen LogP contribution >= 0.6 is 12.2 Å². The topological polar surface area (TPSA) is 26.3 Å². The van der Waals surface area contributed by atoms with Gasteiger partial charge in [0.05, 0.1) is 0 Å². The zero-order chi connectivity index (χ0) is 11.4. The van der Waals surface area contributed by atoms with Crippen LogP contribution in [0.3, 0.4) is 0 Å². The van der Waals surface area contributed by atoms with Gasteiger partial charge in [-0.3, -0.25) is 0 Å². The molecule has 80 valence electrons. The largest absolute Gasteiger partial charge is 1.00 e. The van der Waals surface area contributed by atoms with E-state index in [1.54, 1.807) is 0 Å². The molecule has 0 saturated heterocycles. The summed E-state index contributed by atoms with van der Waals surface area (Å²) in [7, 11) is 0. The molecule has 0 fully saturated rings. The maximum atomic E-state index is 11.5. The van der Waals surface area contributed by atoms with Gasteiger partial charge < -0.3 is 10.0 Å². The summed E-state index contributed by atoms with van der Waals surface area (Å²) >= 11 is 4.75. The molecular formula is C13H10NNaOS. The van der Waals surface area contributed by atoms with Crippen molar-refractivity contribution in [1.82, 2.24) is 0 Å². The Morgan fingerprint density at radius 2 is 1.18 bits per heavy atom. The molecule has 0 unspecified atom stereocenters. The van der Waals surface area contributed by atoms with Crippen LogP contribution < -0.4 is 39.6 Å². The first-order chi connectivity index (χ1) is 7.79. The molecular weight excluding hydrogens is 241 g/mol. The molecule has 0 bridgehead atoms. The van der Waals surface area contributed by atoms with Gasteiger partial charge in [0, 0.05) is 16.5 Å². The second kappa shape index (κ2) is 6.77. The minimum absolute atomic E-state index is 0. The van der Waals surface area contributed by atoms with Gasteiger partial charge in [-0.15, -0.1) is 0 Å². The Bertz CT molecular complexity index is 436. The SMILES string of the molecule is [Na+].[O-]C(=S)N(c1ccccc1)c1ccccc1. The van der Waals surface area contributed by atoms with Crippen molar-refractivity contribution in [3.8, 4) is 0 Å². The van der Waals surface area contributed by atoms with Crippen molar-refractivity contribution in [2.75, 3.05) is 4.90 Å². The van der Waals surface area contributed by atoms with Crippen LogP contribution in [0, 0.1) is 0 Å². The predicted molar refractivity (Wildman–Crippen MR) is 67.6 cm³/mol. The van der Waals surface area contributed by atoms with Gasteiger partial charge in [-0.25, -0.2) is 0 Å². The summed E-state index contributed by atoms with van der Waals surface area (Å²) in [5, 5.41) is 11.1. The molecule has 0 radical (unpaired) electrons. The van der Waals surface area contributed by atoms with Gasteiger partial charge in [0.1, 0.15) is 0 Å². The van der Waals surface area contributed by atoms with E-state index in [4.69, 9.17) is 12.2 Å². The quantitative estimate of drug-likeness (QED) is 0.530. The van der Waals surface area contributed by atoms with E-state index in [1.807, 2.05) is 60.7 Å². The molecule has 0 aliphatic heterocycles. The summed E-state index contributed by atoms with van der Waals surface area (Å²) in [6, 6.07) is 18.8. The Hall–Kier alpha value is -0.870. The van der Waals surface area contributed by atoms with E-state index in [9.17, 15) is 5.11 Å². The normalized spacial score (nSPS) is 9.18. The standard InChI is InChI=1S/C13H11NOS.Na/c15-13(16)14(11-7-3-1-4-8-11)12-9-5-2-6-10-12;/h1-10H,(H,15,16);/q;+1/p-1. The molecule has 2 aromatic rings. The molecule has 0 aliphatic rings. The van der Waals surface area contributed by atoms with E-state index in [0.29, 0.717) is 0 Å². The average molecular weight is 251 g/mol. The number of rotatable bonds is 2. The molecule has 0 atom stereocenters. The molecule has 2 rings (SSSR count). The van der Waals surface area contributed by atoms with Gasteiger partial charge in [0.25, 0.3) is 0 Å². The number of hydrogen-bond donors (Lipinski definition) is 0. The molecule has 0 spiro atoms. The molecule has 17 heavy (non-hydrogen) atoms. The van der Waals surface area contributed by atoms with Crippen molar-refractivity contribution in [1.29, 1.82) is 0 Å². The number of hydrogen-bond acceptors (Lipinski definition) is 2. The summed E-state index contributed by atoms with van der Waals surface area (Å²) < 4.78 is 0. The zero-order valence-corrected chi connectivity index (χ0v) is 12.4. The van der Waals surface area contributed by atoms with Gasteiger partial charge in [0.2, 0.25) is 0 Å². The monoisotopic (exact) mass is 251 g/mol. The number of thiocarbonyl (C=S) groups is 1. The maximum Gasteiger partial charge on any atom is 1.00 e. The fraction of sp³-hybridized carbons (Fsp3) is 0. The van der Waals surface area contributed by atoms with Crippen LogP contribution in [0.5, 0.6) is 0 Å². The van der Waals surface area contributed by atoms with Crippen molar-refractivity contribution in [2.45, 2.75) is 0 Å². The fourth-order valence-corrected chi connectivity index (χ4v) is 1.72. The van der Waals surface area contributed by atoms with Crippen molar-refractivity contribution in [2.24, 2.45) is 0 Å². The summed E-state index contributed by atoms with van der Waals surface area (Å²) in [6.45, 7) is 0. The van der Waals surface area contributed by atoms with Gasteiger partial charge >= 0.3 is 29.6 Å². The number of anilines is 2. The zero-order valence-electron chi connectivity index (χ0n) is 9.54. The van der Waals surface area contributed by atoms with Gasteiger partial charge in [-0.1, -0.05) is 48.6 Å². The van der Waals surface area contributed by atoms with Crippen molar-refractivity contribution >= 4 is 28.8 Å². The van der Waals surface area contributed by atoms with Crippen LogP contribution in [0.2, 0.25) is 0 Å². The Balaban J connectivity index is 0.00000144. The molecule has 0 N–H and O–H groups in total. The van der Waals surface area contributed by atoms with Gasteiger partial charge in [-0.05, 0) is 24.3 Å². The van der Waals surface area contributed by atoms with Crippen molar-refractivity contribution in [3.05, 3.63) is 60.7 Å². The third-order valence-electron chi connectivity index (χ3n) is 2.21. The second-order valence-electron chi connectivity index (χ2n) is 3.27. The summed E-state index contributed by atoms with van der Waals surface area (Å²) in [5.41, 5.74) is 1.57. The molecule has 0 saturated carbocycles. The molecule has 0 heterocycles. The molecule has 0 aromatic heterocycles. The van der Waals surface area contributed by atoms with Gasteiger partial charge in [-0.2, -0.15) is 0 Å². The average Bonchev–Trinajstić information content (AvgIpc) is 2.31. The maximum absolute atomic E-state index is 11.5. The van der Waals surface area contributed by atoms with Crippen LogP contribution in [0.15, 0.2) is 60.7 Å². The third-order valence-corrected chi connectivity index (χ3v) is 2.39. The fourth-order valence-electron chi connectivity index (χ4n) is 1.51. The van der Waals surface area contributed by atoms with Crippen LogP contribution in [0.4, 0.5) is 11.4 Å². The molecule has 2 aromatic carbocycles. The summed E-state index contributed by atoms with van der Waals surface area (Å²) in [6.07, 6.45) is 0. The van der Waals surface area contributed by atoms with E-state index >= 15 is 0 Å². The van der Waals surface area contributed by atoms with E-state index in [1.165, 1.54) is 4.90 Å². The predicted octanol–water partition coefficient (Wildman–Crippen LogP) is -0.526. The summed E-state index contributed by atoms with van der Waals surface area (Å²) in [4.78, 5) is 1.51. The van der Waals surface area contributed by atoms with Crippen LogP contribution in [-0.2, 0) is 0 Å². The Morgan fingerprint density at radius 1 is 0.824 bits per heavy atom. The Kier molecular flexibility index (Phi) is 5.65. The van der Waals surface area contributed by atoms with E-state index in [-0.39, 0.29) is 29.6 Å². The van der Waals surface area contributed by atoms with E-state index < -0.39 is 5.17 Å². The van der Waals surface area contributed by atoms with E-state index in [2.05, 4.69) is 0 Å². The van der Waals surface area contributed by atoms with Crippen LogP contribution in [-0.4, -0.2) is 5.17 Å². The van der Waals surface area contributed by atoms with Crippen LogP contribution in [0.25, 0.3) is 0 Å². The minimum atomic E-state index is -0.405. The molecule has 0 aliphatic carbocycles. The first kappa shape index (κ1) is 14.2. The van der Waals surface area contributed by atoms with Crippen LogP contribution in [0.1, 0.15) is 0 Å². The first-order valence-corrected chi connectivity index (χ1v) is 5.31. The Labute approximate surface area is 128 Å². The molecule has 4 heteroatoms. The van der Waals surface area contributed by atoms with Gasteiger partial charge in [0.15, 0.2) is 0 Å². The van der Waals surface area contributed by atoms with Crippen molar-refractivity contribution < 1.29 is 34.7 Å². The molecule has 0 amide bonds. The Morgan fingerprint density at radius 3 is 1.47 bits per heavy atom. The summed E-state index contributed by atoms with van der Waals surface area (Å²) in [5.74, 6) is 0. The van der Waals surface area contributed by atoms with Crippen molar-refractivity contribution in [3.63, 3.8) is 0 Å². The second-order valence-corrected chi connectivity index (χ2v) is 3.62. The van der Waals surface area contributed by atoms with E-state index in [0.717, 1.165) is 11.4 Å². The smallest absolute Gasteiger partial charge is 0.852 e. The first-order valence-electron chi connectivity index (χ1n) is 4.90.